The number of nitrogens with two attached hydrogens (primary N) is 1. The molecule has 178 valence electrons. The first-order valence-corrected chi connectivity index (χ1v) is 12.9. The van der Waals surface area contributed by atoms with Gasteiger partial charge in [0.1, 0.15) is 17.2 Å². The zero-order valence-corrected chi connectivity index (χ0v) is 21.2. The number of hydrogen-bond acceptors (Lipinski definition) is 7. The standard InChI is InChI=1S/C24H26BrN5O3S/c1-14(31)23(32)29-8-3-15(4-9-29)5-10-30-18-2-7-27-22(26)21(18)28-24(30)34-20-13-19-16(6-11-33-19)12-17(20)25/h2,6-7,11-15,31H,3-5,8-10H2,1H3,(H2,26,27)/t14-/m0/s1. The van der Waals surface area contributed by atoms with Crippen LogP contribution < -0.4 is 5.73 Å². The van der Waals surface area contributed by atoms with Crippen molar-refractivity contribution in [2.75, 3.05) is 18.8 Å². The number of likely N-dealkylation sites (tertiary alicyclic amines) is 1. The maximum absolute atomic E-state index is 12.1. The highest BCUT2D eigenvalue weighted by molar-refractivity contribution is 9.10. The number of imidazole rings is 1. The van der Waals surface area contributed by atoms with Gasteiger partial charge in [-0.15, -0.1) is 0 Å². The highest BCUT2D eigenvalue weighted by Crippen LogP contribution is 2.38. The lowest BCUT2D eigenvalue weighted by molar-refractivity contribution is -0.140. The first-order chi connectivity index (χ1) is 16.4. The van der Waals surface area contributed by atoms with Crippen LogP contribution in [0.15, 0.2) is 55.7 Å². The van der Waals surface area contributed by atoms with Crippen LogP contribution in [-0.4, -0.2) is 49.6 Å². The number of anilines is 1. The van der Waals surface area contributed by atoms with E-state index in [1.807, 2.05) is 24.3 Å². The zero-order chi connectivity index (χ0) is 23.8. The first-order valence-electron chi connectivity index (χ1n) is 11.3. The molecule has 0 bridgehead atoms. The van der Waals surface area contributed by atoms with Gasteiger partial charge in [-0.05, 0) is 72.3 Å². The van der Waals surface area contributed by atoms with Crippen molar-refractivity contribution in [3.63, 3.8) is 0 Å². The van der Waals surface area contributed by atoms with E-state index < -0.39 is 6.10 Å². The van der Waals surface area contributed by atoms with E-state index in [2.05, 4.69) is 25.5 Å². The third-order valence-electron chi connectivity index (χ3n) is 6.41. The number of furan rings is 1. The minimum Gasteiger partial charge on any atom is -0.464 e. The van der Waals surface area contributed by atoms with Gasteiger partial charge in [-0.25, -0.2) is 9.97 Å². The predicted molar refractivity (Wildman–Crippen MR) is 136 cm³/mol. The van der Waals surface area contributed by atoms with E-state index in [4.69, 9.17) is 15.1 Å². The van der Waals surface area contributed by atoms with Crippen LogP contribution in [-0.2, 0) is 11.3 Å². The molecule has 0 radical (unpaired) electrons. The van der Waals surface area contributed by atoms with Gasteiger partial charge in [-0.1, -0.05) is 11.8 Å². The number of nitrogen functional groups attached to an aromatic ring is 1. The molecule has 5 rings (SSSR count). The molecule has 4 aromatic rings. The number of fused-ring (bicyclic) bond motifs is 2. The van der Waals surface area contributed by atoms with Crippen LogP contribution in [0.5, 0.6) is 0 Å². The van der Waals surface area contributed by atoms with Crippen molar-refractivity contribution in [3.05, 3.63) is 41.2 Å². The largest absolute Gasteiger partial charge is 0.464 e. The number of benzene rings is 1. The summed E-state index contributed by atoms with van der Waals surface area (Å²) in [6, 6.07) is 7.96. The number of amides is 1. The minimum absolute atomic E-state index is 0.181. The molecule has 1 aliphatic rings. The van der Waals surface area contributed by atoms with Gasteiger partial charge in [0.2, 0.25) is 0 Å². The Morgan fingerprint density at radius 1 is 1.35 bits per heavy atom. The van der Waals surface area contributed by atoms with Gasteiger partial charge in [0.15, 0.2) is 11.0 Å². The molecule has 0 unspecified atom stereocenters. The van der Waals surface area contributed by atoms with Gasteiger partial charge in [-0.3, -0.25) is 4.79 Å². The van der Waals surface area contributed by atoms with Crippen molar-refractivity contribution in [1.29, 1.82) is 0 Å². The number of carbonyl (C=O) groups excluding carboxylic acids is 1. The number of pyridine rings is 1. The quantitative estimate of drug-likeness (QED) is 0.363. The third kappa shape index (κ3) is 4.54. The Labute approximate surface area is 209 Å². The van der Waals surface area contributed by atoms with Crippen molar-refractivity contribution >= 4 is 61.4 Å². The minimum atomic E-state index is -0.938. The van der Waals surface area contributed by atoms with Crippen LogP contribution in [0.3, 0.4) is 0 Å². The Morgan fingerprint density at radius 3 is 2.91 bits per heavy atom. The van der Waals surface area contributed by atoms with Gasteiger partial charge in [0.05, 0.1) is 11.8 Å². The molecule has 1 fully saturated rings. The second-order valence-corrected chi connectivity index (χ2v) is 10.5. The number of nitrogens with zero attached hydrogens (tertiary/aromatic N) is 4. The molecule has 0 saturated carbocycles. The Morgan fingerprint density at radius 2 is 2.15 bits per heavy atom. The van der Waals surface area contributed by atoms with Crippen molar-refractivity contribution in [2.45, 2.75) is 48.9 Å². The number of aryl methyl sites for hydroxylation is 1. The normalized spacial score (nSPS) is 15.9. The van der Waals surface area contributed by atoms with Crippen LogP contribution in [0.4, 0.5) is 5.82 Å². The van der Waals surface area contributed by atoms with E-state index >= 15 is 0 Å². The molecule has 1 aliphatic heterocycles. The first kappa shape index (κ1) is 23.2. The number of aromatic nitrogens is 3. The predicted octanol–water partition coefficient (Wildman–Crippen LogP) is 4.68. The summed E-state index contributed by atoms with van der Waals surface area (Å²) in [6.45, 7) is 3.69. The Bertz CT molecular complexity index is 1340. The van der Waals surface area contributed by atoms with Gasteiger partial charge < -0.3 is 24.7 Å². The van der Waals surface area contributed by atoms with Crippen LogP contribution >= 0.6 is 27.7 Å². The van der Waals surface area contributed by atoms with Gasteiger partial charge in [-0.2, -0.15) is 0 Å². The summed E-state index contributed by atoms with van der Waals surface area (Å²) in [4.78, 5) is 23.9. The summed E-state index contributed by atoms with van der Waals surface area (Å²) in [7, 11) is 0. The average molecular weight is 544 g/mol. The molecule has 1 atom stereocenters. The van der Waals surface area contributed by atoms with Gasteiger partial charge in [0, 0.05) is 40.6 Å². The lowest BCUT2D eigenvalue weighted by atomic mass is 9.93. The van der Waals surface area contributed by atoms with Gasteiger partial charge >= 0.3 is 0 Å². The van der Waals surface area contributed by atoms with E-state index in [9.17, 15) is 9.90 Å². The second-order valence-electron chi connectivity index (χ2n) is 8.69. The maximum atomic E-state index is 12.1. The zero-order valence-electron chi connectivity index (χ0n) is 18.8. The van der Waals surface area contributed by atoms with Crippen LogP contribution in [0, 0.1) is 5.92 Å². The summed E-state index contributed by atoms with van der Waals surface area (Å²) in [5.74, 6) is 0.738. The van der Waals surface area contributed by atoms with Crippen molar-refractivity contribution < 1.29 is 14.3 Å². The maximum Gasteiger partial charge on any atom is 0.251 e. The van der Waals surface area contributed by atoms with E-state index in [0.717, 1.165) is 56.8 Å². The fourth-order valence-electron chi connectivity index (χ4n) is 4.50. The number of halogens is 1. The number of aliphatic hydroxyl groups is 1. The summed E-state index contributed by atoms with van der Waals surface area (Å²) in [5.41, 5.74) is 8.65. The van der Waals surface area contributed by atoms with E-state index in [1.165, 1.54) is 6.92 Å². The smallest absolute Gasteiger partial charge is 0.251 e. The highest BCUT2D eigenvalue weighted by Gasteiger charge is 2.25. The SMILES string of the molecule is C[C@H](O)C(=O)N1CCC(CCn2c(Sc3cc4occc4cc3Br)nc3c(N)nccc32)CC1. The number of aliphatic hydroxyl groups excluding tert-OH is 1. The van der Waals surface area contributed by atoms with Crippen LogP contribution in [0.1, 0.15) is 26.2 Å². The molecule has 34 heavy (non-hydrogen) atoms. The molecular formula is C24H26BrN5O3S. The fraction of sp³-hybridized carbons (Fsp3) is 0.375. The molecule has 0 spiro atoms. The average Bonchev–Trinajstić information content (AvgIpc) is 3.42. The van der Waals surface area contributed by atoms with Crippen molar-refractivity contribution in [2.24, 2.45) is 5.92 Å². The molecule has 1 saturated heterocycles. The van der Waals surface area contributed by atoms with E-state index in [0.29, 0.717) is 30.3 Å². The number of hydrogen-bond donors (Lipinski definition) is 2. The Hall–Kier alpha value is -2.56. The lowest BCUT2D eigenvalue weighted by Crippen LogP contribution is -2.43. The van der Waals surface area contributed by atoms with Crippen molar-refractivity contribution in [1.82, 2.24) is 19.4 Å². The van der Waals surface area contributed by atoms with Crippen LogP contribution in [0.25, 0.3) is 22.0 Å². The van der Waals surface area contributed by atoms with Crippen molar-refractivity contribution in [3.8, 4) is 0 Å². The molecule has 3 N–H and O–H groups in total. The summed E-state index contributed by atoms with van der Waals surface area (Å²) in [5, 5.41) is 11.5. The molecular weight excluding hydrogens is 518 g/mol. The highest BCUT2D eigenvalue weighted by atomic mass is 79.9. The number of rotatable bonds is 6. The molecule has 1 amide bonds. The number of carbonyl (C=O) groups is 1. The molecule has 8 nitrogen and oxygen atoms in total. The number of piperidine rings is 1. The van der Waals surface area contributed by atoms with E-state index in [-0.39, 0.29) is 5.91 Å². The second kappa shape index (κ2) is 9.59. The lowest BCUT2D eigenvalue weighted by Gasteiger charge is -2.32. The van der Waals surface area contributed by atoms with Gasteiger partial charge in [0.25, 0.3) is 5.91 Å². The summed E-state index contributed by atoms with van der Waals surface area (Å²) in [6.07, 6.45) is 5.29. The third-order valence-corrected chi connectivity index (χ3v) is 8.38. The monoisotopic (exact) mass is 543 g/mol. The topological polar surface area (TPSA) is 110 Å². The molecule has 1 aromatic carbocycles. The van der Waals surface area contributed by atoms with Crippen LogP contribution in [0.2, 0.25) is 0 Å². The Kier molecular flexibility index (Phi) is 6.54. The summed E-state index contributed by atoms with van der Waals surface area (Å²) >= 11 is 5.25. The Balaban J connectivity index is 1.37. The summed E-state index contributed by atoms with van der Waals surface area (Å²) < 4.78 is 8.78. The molecule has 3 aromatic heterocycles. The van der Waals surface area contributed by atoms with E-state index in [1.54, 1.807) is 29.1 Å². The molecule has 10 heteroatoms. The molecule has 4 heterocycles. The molecule has 0 aliphatic carbocycles. The fourth-order valence-corrected chi connectivity index (χ4v) is 6.06.